The van der Waals surface area contributed by atoms with Gasteiger partial charge in [-0.25, -0.2) is 9.78 Å². The molecule has 0 saturated carbocycles. The fraction of sp³-hybridized carbons (Fsp3) is 0.292. The lowest BCUT2D eigenvalue weighted by molar-refractivity contribution is -0.140. The summed E-state index contributed by atoms with van der Waals surface area (Å²) in [4.78, 5) is 27.9. The number of benzene rings is 2. The molecule has 1 aromatic heterocycles. The molecule has 0 aliphatic heterocycles. The van der Waals surface area contributed by atoms with Crippen LogP contribution in [-0.2, 0) is 26.4 Å². The number of nitrogens with zero attached hydrogens (tertiary/aromatic N) is 2. The summed E-state index contributed by atoms with van der Waals surface area (Å²) in [6.45, 7) is 3.00. The molecule has 186 valence electrons. The largest absolute Gasteiger partial charge is 0.506 e. The average Bonchev–Trinajstić information content (AvgIpc) is 3.19. The molecule has 11 heteroatoms. The fourth-order valence-electron chi connectivity index (χ4n) is 3.14. The summed E-state index contributed by atoms with van der Waals surface area (Å²) in [6.07, 6.45) is -2.59. The standard InChI is InChI=1S/C24H24F3N3O5/c1-14(2)21(31)17-8-9-18(20(22(17)32)24(25,26)27)34-12-16-6-4-15(5-7-16)10-28-23(33)35-19-11-30(3)13-29-19/h4-9,11,13-14,32H,10,12H2,1-3H3,(H,28,33). The number of aromatic nitrogens is 2. The zero-order valence-electron chi connectivity index (χ0n) is 19.2. The van der Waals surface area contributed by atoms with Gasteiger partial charge in [-0.05, 0) is 23.3 Å². The SMILES string of the molecule is CC(C)C(=O)c1ccc(OCc2ccc(CNC(=O)Oc3cn(C)cn3)cc2)c(C(F)(F)F)c1O. The second kappa shape index (κ2) is 10.5. The van der Waals surface area contributed by atoms with Crippen LogP contribution in [0.2, 0.25) is 0 Å². The molecular weight excluding hydrogens is 467 g/mol. The Morgan fingerprint density at radius 1 is 1.11 bits per heavy atom. The van der Waals surface area contributed by atoms with Crippen LogP contribution in [0.15, 0.2) is 48.9 Å². The minimum Gasteiger partial charge on any atom is -0.506 e. The highest BCUT2D eigenvalue weighted by Gasteiger charge is 2.39. The molecular formula is C24H24F3N3O5. The van der Waals surface area contributed by atoms with E-state index in [-0.39, 0.29) is 19.0 Å². The van der Waals surface area contributed by atoms with Crippen LogP contribution >= 0.6 is 0 Å². The first-order valence-electron chi connectivity index (χ1n) is 10.6. The molecule has 0 fully saturated rings. The molecule has 35 heavy (non-hydrogen) atoms. The van der Waals surface area contributed by atoms with Crippen molar-refractivity contribution in [2.45, 2.75) is 33.2 Å². The van der Waals surface area contributed by atoms with Crippen LogP contribution in [0.5, 0.6) is 17.4 Å². The molecule has 3 rings (SSSR count). The van der Waals surface area contributed by atoms with E-state index in [4.69, 9.17) is 9.47 Å². The molecule has 1 amide bonds. The lowest BCUT2D eigenvalue weighted by Gasteiger charge is -2.18. The van der Waals surface area contributed by atoms with Gasteiger partial charge in [-0.3, -0.25) is 4.79 Å². The highest BCUT2D eigenvalue weighted by Crippen LogP contribution is 2.44. The molecule has 0 atom stereocenters. The molecule has 1 heterocycles. The third-order valence-electron chi connectivity index (χ3n) is 4.95. The van der Waals surface area contributed by atoms with Gasteiger partial charge < -0.3 is 24.5 Å². The number of halogens is 3. The zero-order valence-corrected chi connectivity index (χ0v) is 19.2. The molecule has 8 nitrogen and oxygen atoms in total. The summed E-state index contributed by atoms with van der Waals surface area (Å²) < 4.78 is 52.8. The number of Topliss-reactive ketones (excluding diaryl/α,β-unsaturated/α-hetero) is 1. The highest BCUT2D eigenvalue weighted by molar-refractivity contribution is 6.00. The van der Waals surface area contributed by atoms with Gasteiger partial charge in [0.25, 0.3) is 0 Å². The number of carbonyl (C=O) groups is 2. The van der Waals surface area contributed by atoms with Crippen molar-refractivity contribution in [3.8, 4) is 17.4 Å². The average molecular weight is 491 g/mol. The minimum atomic E-state index is -4.92. The van der Waals surface area contributed by atoms with Crippen molar-refractivity contribution in [2.24, 2.45) is 13.0 Å². The van der Waals surface area contributed by atoms with E-state index in [0.29, 0.717) is 5.56 Å². The number of aryl methyl sites for hydroxylation is 1. The highest BCUT2D eigenvalue weighted by atomic mass is 19.4. The molecule has 0 bridgehead atoms. The number of phenols is 1. The Morgan fingerprint density at radius 2 is 1.77 bits per heavy atom. The van der Waals surface area contributed by atoms with E-state index in [1.165, 1.54) is 26.4 Å². The number of ether oxygens (including phenoxy) is 2. The summed E-state index contributed by atoms with van der Waals surface area (Å²) in [7, 11) is 1.73. The number of hydrogen-bond acceptors (Lipinski definition) is 6. The second-order valence-electron chi connectivity index (χ2n) is 8.08. The third-order valence-corrected chi connectivity index (χ3v) is 4.95. The monoisotopic (exact) mass is 491 g/mol. The van der Waals surface area contributed by atoms with Crippen molar-refractivity contribution in [3.63, 3.8) is 0 Å². The van der Waals surface area contributed by atoms with E-state index < -0.39 is 46.6 Å². The normalized spacial score (nSPS) is 11.4. The van der Waals surface area contributed by atoms with Crippen LogP contribution in [0.3, 0.4) is 0 Å². The van der Waals surface area contributed by atoms with E-state index in [1.54, 1.807) is 35.9 Å². The molecule has 0 spiro atoms. The lowest BCUT2D eigenvalue weighted by atomic mass is 9.97. The summed E-state index contributed by atoms with van der Waals surface area (Å²) in [6, 6.07) is 8.76. The number of nitrogens with one attached hydrogen (secondary N) is 1. The van der Waals surface area contributed by atoms with E-state index in [9.17, 15) is 27.9 Å². The van der Waals surface area contributed by atoms with Gasteiger partial charge in [0.1, 0.15) is 23.7 Å². The first kappa shape index (κ1) is 25.6. The Morgan fingerprint density at radius 3 is 2.34 bits per heavy atom. The van der Waals surface area contributed by atoms with Crippen molar-refractivity contribution >= 4 is 11.9 Å². The summed E-state index contributed by atoms with van der Waals surface area (Å²) in [5.41, 5.74) is -0.522. The van der Waals surface area contributed by atoms with Crippen molar-refractivity contribution in [2.75, 3.05) is 0 Å². The number of carbonyl (C=O) groups excluding carboxylic acids is 2. The predicted octanol–water partition coefficient (Wildman–Crippen LogP) is 4.85. The van der Waals surface area contributed by atoms with Crippen molar-refractivity contribution in [3.05, 3.63) is 71.2 Å². The summed E-state index contributed by atoms with van der Waals surface area (Å²) >= 11 is 0. The smallest absolute Gasteiger partial charge is 0.423 e. The molecule has 0 unspecified atom stereocenters. The van der Waals surface area contributed by atoms with Gasteiger partial charge in [0.15, 0.2) is 5.78 Å². The Kier molecular flexibility index (Phi) is 7.68. The van der Waals surface area contributed by atoms with E-state index >= 15 is 0 Å². The van der Waals surface area contributed by atoms with Crippen LogP contribution in [0.4, 0.5) is 18.0 Å². The van der Waals surface area contributed by atoms with E-state index in [1.807, 2.05) is 0 Å². The first-order valence-corrected chi connectivity index (χ1v) is 10.6. The van der Waals surface area contributed by atoms with Gasteiger partial charge >= 0.3 is 12.3 Å². The zero-order chi connectivity index (χ0) is 25.8. The Bertz CT molecular complexity index is 1200. The summed E-state index contributed by atoms with van der Waals surface area (Å²) in [5.74, 6) is -2.76. The van der Waals surface area contributed by atoms with Gasteiger partial charge in [-0.2, -0.15) is 13.2 Å². The number of imidazole rings is 1. The number of rotatable bonds is 8. The van der Waals surface area contributed by atoms with Crippen LogP contribution < -0.4 is 14.8 Å². The van der Waals surface area contributed by atoms with Crippen molar-refractivity contribution in [1.29, 1.82) is 0 Å². The fourth-order valence-corrected chi connectivity index (χ4v) is 3.14. The van der Waals surface area contributed by atoms with Gasteiger partial charge in [0, 0.05) is 19.5 Å². The molecule has 0 aliphatic carbocycles. The van der Waals surface area contributed by atoms with Crippen LogP contribution in [0.25, 0.3) is 0 Å². The van der Waals surface area contributed by atoms with Gasteiger partial charge in [0.2, 0.25) is 5.88 Å². The lowest BCUT2D eigenvalue weighted by Crippen LogP contribution is -2.26. The van der Waals surface area contributed by atoms with Crippen molar-refractivity contribution in [1.82, 2.24) is 14.9 Å². The molecule has 0 radical (unpaired) electrons. The van der Waals surface area contributed by atoms with Gasteiger partial charge in [0.05, 0.1) is 18.1 Å². The third kappa shape index (κ3) is 6.52. The van der Waals surface area contributed by atoms with Crippen LogP contribution in [-0.4, -0.2) is 26.5 Å². The molecule has 0 aliphatic rings. The van der Waals surface area contributed by atoms with Gasteiger partial charge in [-0.1, -0.05) is 38.1 Å². The topological polar surface area (TPSA) is 103 Å². The number of phenolic OH excluding ortho intramolecular Hbond substituents is 1. The van der Waals surface area contributed by atoms with Gasteiger partial charge in [-0.15, -0.1) is 0 Å². The molecule has 3 aromatic rings. The van der Waals surface area contributed by atoms with E-state index in [0.717, 1.165) is 17.7 Å². The van der Waals surface area contributed by atoms with Crippen molar-refractivity contribution < 1.29 is 37.3 Å². The van der Waals surface area contributed by atoms with Crippen LogP contribution in [0, 0.1) is 5.92 Å². The molecule has 0 saturated heterocycles. The number of amides is 1. The Hall–Kier alpha value is -4.02. The molecule has 2 N–H and O–H groups in total. The number of hydrogen-bond donors (Lipinski definition) is 2. The van der Waals surface area contributed by atoms with Crippen LogP contribution in [0.1, 0.15) is 40.9 Å². The maximum atomic E-state index is 13.6. The van der Waals surface area contributed by atoms with E-state index in [2.05, 4.69) is 10.3 Å². The Balaban J connectivity index is 1.63. The first-order chi connectivity index (χ1) is 16.5. The molecule has 2 aromatic carbocycles. The number of alkyl halides is 3. The maximum absolute atomic E-state index is 13.6. The number of aromatic hydroxyl groups is 1. The quantitative estimate of drug-likeness (QED) is 0.437. The number of ketones is 1. The maximum Gasteiger partial charge on any atom is 0.423 e. The second-order valence-corrected chi connectivity index (χ2v) is 8.08. The summed E-state index contributed by atoms with van der Waals surface area (Å²) in [5, 5.41) is 12.8. The minimum absolute atomic E-state index is 0.156. The predicted molar refractivity (Wildman–Crippen MR) is 119 cm³/mol. The Labute approximate surface area is 199 Å².